The van der Waals surface area contributed by atoms with Crippen molar-refractivity contribution in [1.29, 1.82) is 0 Å². The van der Waals surface area contributed by atoms with Gasteiger partial charge in [0.05, 0.1) is 7.11 Å². The fourth-order valence-corrected chi connectivity index (χ4v) is 2.28. The maximum Gasteiger partial charge on any atom is 0.125 e. The van der Waals surface area contributed by atoms with Crippen LogP contribution < -0.4 is 21.5 Å². The van der Waals surface area contributed by atoms with E-state index in [0.717, 1.165) is 25.3 Å². The van der Waals surface area contributed by atoms with Gasteiger partial charge in [-0.15, -0.1) is 0 Å². The van der Waals surface area contributed by atoms with E-state index in [1.165, 1.54) is 22.3 Å². The van der Waals surface area contributed by atoms with Crippen LogP contribution in [0.5, 0.6) is 5.75 Å². The van der Waals surface area contributed by atoms with Crippen molar-refractivity contribution in [2.24, 2.45) is 11.5 Å². The number of hydrogen-bond donors (Lipinski definition) is 3. The first-order chi connectivity index (χ1) is 9.01. The summed E-state index contributed by atoms with van der Waals surface area (Å²) in [6.07, 6.45) is 0.938. The van der Waals surface area contributed by atoms with E-state index >= 15 is 0 Å². The highest BCUT2D eigenvalue weighted by Gasteiger charge is 2.11. The smallest absolute Gasteiger partial charge is 0.125 e. The molecule has 108 valence electrons. The van der Waals surface area contributed by atoms with Gasteiger partial charge in [-0.2, -0.15) is 0 Å². The molecule has 1 aromatic carbocycles. The van der Waals surface area contributed by atoms with Gasteiger partial charge in [-0.25, -0.2) is 0 Å². The minimum absolute atomic E-state index is 0.0303. The number of aryl methyl sites for hydroxylation is 2. The second kappa shape index (κ2) is 7.48. The van der Waals surface area contributed by atoms with Crippen molar-refractivity contribution in [3.05, 3.63) is 28.3 Å². The lowest BCUT2D eigenvalue weighted by atomic mass is 9.97. The van der Waals surface area contributed by atoms with E-state index < -0.39 is 0 Å². The lowest BCUT2D eigenvalue weighted by Crippen LogP contribution is -2.40. The van der Waals surface area contributed by atoms with Gasteiger partial charge in [0.25, 0.3) is 0 Å². The van der Waals surface area contributed by atoms with E-state index in [4.69, 9.17) is 16.2 Å². The molecule has 1 aromatic rings. The van der Waals surface area contributed by atoms with Gasteiger partial charge in [0.1, 0.15) is 5.75 Å². The second-order valence-electron chi connectivity index (χ2n) is 5.10. The fourth-order valence-electron chi connectivity index (χ4n) is 2.28. The third kappa shape index (κ3) is 4.20. The molecule has 0 aliphatic heterocycles. The van der Waals surface area contributed by atoms with Gasteiger partial charge < -0.3 is 21.5 Å². The second-order valence-corrected chi connectivity index (χ2v) is 5.10. The zero-order chi connectivity index (χ0) is 14.4. The Balaban J connectivity index is 2.70. The molecule has 0 fully saturated rings. The molecule has 0 radical (unpaired) electrons. The maximum atomic E-state index is 5.77. The Kier molecular flexibility index (Phi) is 6.28. The zero-order valence-corrected chi connectivity index (χ0v) is 12.5. The summed E-state index contributed by atoms with van der Waals surface area (Å²) in [6.45, 7) is 8.51. The average Bonchev–Trinajstić information content (AvgIpc) is 2.39. The van der Waals surface area contributed by atoms with E-state index in [1.54, 1.807) is 7.11 Å². The van der Waals surface area contributed by atoms with Crippen LogP contribution in [0.4, 0.5) is 0 Å². The van der Waals surface area contributed by atoms with Crippen LogP contribution in [-0.4, -0.2) is 32.8 Å². The minimum atomic E-state index is 0.0303. The molecule has 0 aliphatic carbocycles. The van der Waals surface area contributed by atoms with Gasteiger partial charge in [0, 0.05) is 19.1 Å². The molecule has 5 N–H and O–H groups in total. The van der Waals surface area contributed by atoms with Gasteiger partial charge in [-0.3, -0.25) is 0 Å². The monoisotopic (exact) mass is 265 g/mol. The molecular formula is C15H27N3O. The third-order valence-electron chi connectivity index (χ3n) is 3.58. The molecule has 0 spiro atoms. The van der Waals surface area contributed by atoms with Crippen molar-refractivity contribution < 1.29 is 4.74 Å². The summed E-state index contributed by atoms with van der Waals surface area (Å²) in [5, 5.41) is 3.34. The molecule has 0 saturated carbocycles. The Labute approximate surface area is 116 Å². The Morgan fingerprint density at radius 1 is 1.26 bits per heavy atom. The SMILES string of the molecule is COc1c(C)c(C)cc(C)c1CCNCC(N)CN. The lowest BCUT2D eigenvalue weighted by Gasteiger charge is -2.17. The van der Waals surface area contributed by atoms with E-state index in [-0.39, 0.29) is 6.04 Å². The van der Waals surface area contributed by atoms with Gasteiger partial charge in [0.15, 0.2) is 0 Å². The summed E-state index contributed by atoms with van der Waals surface area (Å²) >= 11 is 0. The molecule has 1 atom stereocenters. The normalized spacial score (nSPS) is 12.5. The summed E-state index contributed by atoms with van der Waals surface area (Å²) in [7, 11) is 1.74. The Hall–Kier alpha value is -1.10. The number of nitrogens with two attached hydrogens (primary N) is 2. The van der Waals surface area contributed by atoms with Gasteiger partial charge in [-0.05, 0) is 56.0 Å². The highest BCUT2D eigenvalue weighted by molar-refractivity contribution is 5.49. The number of rotatable bonds is 7. The van der Waals surface area contributed by atoms with E-state index in [0.29, 0.717) is 6.54 Å². The molecule has 4 heteroatoms. The van der Waals surface area contributed by atoms with Crippen molar-refractivity contribution in [3.8, 4) is 5.75 Å². The molecule has 0 aromatic heterocycles. The highest BCUT2D eigenvalue weighted by atomic mass is 16.5. The molecular weight excluding hydrogens is 238 g/mol. The topological polar surface area (TPSA) is 73.3 Å². The minimum Gasteiger partial charge on any atom is -0.496 e. The van der Waals surface area contributed by atoms with Crippen LogP contribution in [0.25, 0.3) is 0 Å². The van der Waals surface area contributed by atoms with Crippen molar-refractivity contribution in [1.82, 2.24) is 5.32 Å². The van der Waals surface area contributed by atoms with Crippen molar-refractivity contribution in [3.63, 3.8) is 0 Å². The molecule has 0 bridgehead atoms. The number of ether oxygens (including phenoxy) is 1. The molecule has 0 amide bonds. The summed E-state index contributed by atoms with van der Waals surface area (Å²) in [5.74, 6) is 1.02. The third-order valence-corrected chi connectivity index (χ3v) is 3.58. The summed E-state index contributed by atoms with van der Waals surface area (Å²) in [6, 6.07) is 2.25. The van der Waals surface area contributed by atoms with Crippen LogP contribution in [0.2, 0.25) is 0 Å². The van der Waals surface area contributed by atoms with Crippen LogP contribution >= 0.6 is 0 Å². The quantitative estimate of drug-likeness (QED) is 0.644. The van der Waals surface area contributed by atoms with Crippen molar-refractivity contribution >= 4 is 0 Å². The molecule has 1 rings (SSSR count). The van der Waals surface area contributed by atoms with Gasteiger partial charge in [0.2, 0.25) is 0 Å². The van der Waals surface area contributed by atoms with Crippen LogP contribution in [0, 0.1) is 20.8 Å². The zero-order valence-electron chi connectivity index (χ0n) is 12.5. The van der Waals surface area contributed by atoms with Crippen LogP contribution in [0.1, 0.15) is 22.3 Å². The van der Waals surface area contributed by atoms with Gasteiger partial charge >= 0.3 is 0 Å². The first kappa shape index (κ1) is 16.0. The number of methoxy groups -OCH3 is 1. The summed E-state index contributed by atoms with van der Waals surface area (Å²) in [4.78, 5) is 0. The molecule has 0 aliphatic rings. The van der Waals surface area contributed by atoms with Crippen molar-refractivity contribution in [2.45, 2.75) is 33.2 Å². The maximum absolute atomic E-state index is 5.77. The molecule has 0 saturated heterocycles. The summed E-state index contributed by atoms with van der Waals surface area (Å²) < 4.78 is 5.56. The Bertz CT molecular complexity index is 418. The molecule has 4 nitrogen and oxygen atoms in total. The molecule has 0 heterocycles. The molecule has 19 heavy (non-hydrogen) atoms. The lowest BCUT2D eigenvalue weighted by molar-refractivity contribution is 0.405. The largest absolute Gasteiger partial charge is 0.496 e. The average molecular weight is 265 g/mol. The van der Waals surface area contributed by atoms with E-state index in [1.807, 2.05) is 0 Å². The van der Waals surface area contributed by atoms with Crippen LogP contribution in [-0.2, 0) is 6.42 Å². The fraction of sp³-hybridized carbons (Fsp3) is 0.600. The summed E-state index contributed by atoms with van der Waals surface area (Å²) in [5.41, 5.74) is 16.3. The van der Waals surface area contributed by atoms with Crippen molar-refractivity contribution in [2.75, 3.05) is 26.7 Å². The Morgan fingerprint density at radius 2 is 1.95 bits per heavy atom. The van der Waals surface area contributed by atoms with E-state index in [9.17, 15) is 0 Å². The standard InChI is InChI=1S/C15H27N3O/c1-10-7-11(2)14(15(19-4)12(10)3)5-6-18-9-13(17)8-16/h7,13,18H,5-6,8-9,16-17H2,1-4H3. The predicted molar refractivity (Wildman–Crippen MR) is 80.8 cm³/mol. The van der Waals surface area contributed by atoms with Crippen LogP contribution in [0.15, 0.2) is 6.07 Å². The highest BCUT2D eigenvalue weighted by Crippen LogP contribution is 2.29. The van der Waals surface area contributed by atoms with Crippen LogP contribution in [0.3, 0.4) is 0 Å². The molecule has 1 unspecified atom stereocenters. The number of hydrogen-bond acceptors (Lipinski definition) is 4. The number of benzene rings is 1. The first-order valence-corrected chi connectivity index (χ1v) is 6.81. The number of nitrogens with one attached hydrogen (secondary N) is 1. The predicted octanol–water partition coefficient (Wildman–Crippen LogP) is 1.04. The van der Waals surface area contributed by atoms with E-state index in [2.05, 4.69) is 32.2 Å². The van der Waals surface area contributed by atoms with Gasteiger partial charge in [-0.1, -0.05) is 6.07 Å². The first-order valence-electron chi connectivity index (χ1n) is 6.81. The Morgan fingerprint density at radius 3 is 2.53 bits per heavy atom.